The van der Waals surface area contributed by atoms with Gasteiger partial charge in [0, 0.05) is 12.2 Å². The molecule has 0 bridgehead atoms. The lowest BCUT2D eigenvalue weighted by atomic mass is 9.98. The molecule has 3 N–H and O–H groups in total. The fourth-order valence-electron chi connectivity index (χ4n) is 4.03. The molecule has 0 aliphatic heterocycles. The summed E-state index contributed by atoms with van der Waals surface area (Å²) in [6, 6.07) is 11.5. The number of nitrogens with one attached hydrogen (secondary N) is 3. The third kappa shape index (κ3) is 7.02. The van der Waals surface area contributed by atoms with Crippen LogP contribution in [-0.4, -0.2) is 24.6 Å². The van der Waals surface area contributed by atoms with Gasteiger partial charge < -0.3 is 20.7 Å². The SMILES string of the molecule is Cc1cc(C)c(NC(=O)CNC(=O)NCc2ccc(OC3CCCCC3)cc2)c(C)c1. The van der Waals surface area contributed by atoms with Crippen LogP contribution in [0.15, 0.2) is 36.4 Å². The van der Waals surface area contributed by atoms with Gasteiger partial charge in [0.2, 0.25) is 5.91 Å². The van der Waals surface area contributed by atoms with Crippen molar-refractivity contribution in [2.24, 2.45) is 0 Å². The molecule has 1 aliphatic rings. The Bertz CT molecular complexity index is 880. The number of aryl methyl sites for hydroxylation is 3. The molecule has 0 atom stereocenters. The van der Waals surface area contributed by atoms with E-state index in [-0.39, 0.29) is 18.5 Å². The number of urea groups is 1. The number of hydrogen-bond donors (Lipinski definition) is 3. The summed E-state index contributed by atoms with van der Waals surface area (Å²) >= 11 is 0. The molecule has 6 nitrogen and oxygen atoms in total. The van der Waals surface area contributed by atoms with Crippen LogP contribution in [0.2, 0.25) is 0 Å². The highest BCUT2D eigenvalue weighted by Gasteiger charge is 2.14. The number of benzene rings is 2. The Morgan fingerprint density at radius 3 is 2.23 bits per heavy atom. The molecule has 3 rings (SSSR count). The van der Waals surface area contributed by atoms with Crippen molar-refractivity contribution in [3.8, 4) is 5.75 Å². The highest BCUT2D eigenvalue weighted by Crippen LogP contribution is 2.24. The summed E-state index contributed by atoms with van der Waals surface area (Å²) in [7, 11) is 0. The molecule has 166 valence electrons. The average Bonchev–Trinajstić information content (AvgIpc) is 2.75. The maximum atomic E-state index is 12.2. The topological polar surface area (TPSA) is 79.5 Å². The molecule has 1 saturated carbocycles. The second-order valence-corrected chi connectivity index (χ2v) is 8.38. The number of ether oxygens (including phenoxy) is 1. The Morgan fingerprint density at radius 1 is 0.935 bits per heavy atom. The quantitative estimate of drug-likeness (QED) is 0.601. The van der Waals surface area contributed by atoms with E-state index in [1.807, 2.05) is 57.2 Å². The van der Waals surface area contributed by atoms with Crippen molar-refractivity contribution in [2.75, 3.05) is 11.9 Å². The minimum absolute atomic E-state index is 0.0905. The number of carbonyl (C=O) groups excluding carboxylic acids is 2. The van der Waals surface area contributed by atoms with Crippen LogP contribution in [0.1, 0.15) is 54.4 Å². The van der Waals surface area contributed by atoms with Crippen molar-refractivity contribution in [1.82, 2.24) is 10.6 Å². The van der Waals surface area contributed by atoms with E-state index in [9.17, 15) is 9.59 Å². The Morgan fingerprint density at radius 2 is 1.58 bits per heavy atom. The Kier molecular flexibility index (Phi) is 7.93. The third-order valence-corrected chi connectivity index (χ3v) is 5.58. The van der Waals surface area contributed by atoms with Gasteiger partial charge >= 0.3 is 6.03 Å². The zero-order valence-corrected chi connectivity index (χ0v) is 18.7. The van der Waals surface area contributed by atoms with Gasteiger partial charge in [0.05, 0.1) is 12.6 Å². The zero-order chi connectivity index (χ0) is 22.2. The normalized spacial score (nSPS) is 14.0. The minimum atomic E-state index is -0.380. The van der Waals surface area contributed by atoms with Gasteiger partial charge in [0.15, 0.2) is 0 Å². The van der Waals surface area contributed by atoms with Gasteiger partial charge in [-0.2, -0.15) is 0 Å². The van der Waals surface area contributed by atoms with E-state index >= 15 is 0 Å². The van der Waals surface area contributed by atoms with E-state index in [2.05, 4.69) is 16.0 Å². The molecule has 0 heterocycles. The van der Waals surface area contributed by atoms with Crippen LogP contribution in [-0.2, 0) is 11.3 Å². The fourth-order valence-corrected chi connectivity index (χ4v) is 4.03. The maximum Gasteiger partial charge on any atom is 0.315 e. The van der Waals surface area contributed by atoms with Crippen molar-refractivity contribution in [3.05, 3.63) is 58.7 Å². The third-order valence-electron chi connectivity index (χ3n) is 5.58. The summed E-state index contributed by atoms with van der Waals surface area (Å²) in [6.45, 7) is 6.23. The number of amides is 3. The highest BCUT2D eigenvalue weighted by atomic mass is 16.5. The molecule has 3 amide bonds. The van der Waals surface area contributed by atoms with Gasteiger partial charge in [0.1, 0.15) is 5.75 Å². The summed E-state index contributed by atoms with van der Waals surface area (Å²) in [5, 5.41) is 8.26. The van der Waals surface area contributed by atoms with Crippen LogP contribution in [0.3, 0.4) is 0 Å². The lowest BCUT2D eigenvalue weighted by molar-refractivity contribution is -0.115. The van der Waals surface area contributed by atoms with Crippen LogP contribution >= 0.6 is 0 Å². The van der Waals surface area contributed by atoms with Gasteiger partial charge in [-0.25, -0.2) is 4.79 Å². The molecule has 6 heteroatoms. The predicted octanol–water partition coefficient (Wildman–Crippen LogP) is 4.76. The van der Waals surface area contributed by atoms with E-state index in [0.29, 0.717) is 12.6 Å². The predicted molar refractivity (Wildman–Crippen MR) is 123 cm³/mol. The summed E-state index contributed by atoms with van der Waals surface area (Å²) < 4.78 is 6.03. The van der Waals surface area contributed by atoms with Crippen LogP contribution in [0.4, 0.5) is 10.5 Å². The molecule has 2 aromatic rings. The molecule has 1 aliphatic carbocycles. The lowest BCUT2D eigenvalue weighted by Crippen LogP contribution is -2.39. The molecule has 1 fully saturated rings. The summed E-state index contributed by atoms with van der Waals surface area (Å²) in [6.07, 6.45) is 6.36. The molecule has 0 aromatic heterocycles. The first-order valence-corrected chi connectivity index (χ1v) is 11.1. The van der Waals surface area contributed by atoms with Crippen LogP contribution in [0, 0.1) is 20.8 Å². The first-order chi connectivity index (χ1) is 14.9. The van der Waals surface area contributed by atoms with E-state index in [4.69, 9.17) is 4.74 Å². The Balaban J connectivity index is 1.39. The molecule has 0 unspecified atom stereocenters. The molecule has 0 spiro atoms. The van der Waals surface area contributed by atoms with Crippen molar-refractivity contribution in [1.29, 1.82) is 0 Å². The van der Waals surface area contributed by atoms with Crippen LogP contribution in [0.5, 0.6) is 5.75 Å². The Hall–Kier alpha value is -3.02. The second kappa shape index (κ2) is 10.8. The van der Waals surface area contributed by atoms with Gasteiger partial charge in [-0.1, -0.05) is 36.2 Å². The minimum Gasteiger partial charge on any atom is -0.490 e. The van der Waals surface area contributed by atoms with E-state index in [0.717, 1.165) is 46.5 Å². The standard InChI is InChI=1S/C25H33N3O3/c1-17-13-18(2)24(19(3)14-17)28-23(29)16-27-25(30)26-15-20-9-11-22(12-10-20)31-21-7-5-4-6-8-21/h9-14,21H,4-8,15-16H2,1-3H3,(H,28,29)(H2,26,27,30). The molecular weight excluding hydrogens is 390 g/mol. The molecule has 31 heavy (non-hydrogen) atoms. The van der Waals surface area contributed by atoms with Crippen molar-refractivity contribution in [3.63, 3.8) is 0 Å². The number of hydrogen-bond acceptors (Lipinski definition) is 3. The van der Waals surface area contributed by atoms with Gasteiger partial charge in [-0.05, 0) is 75.3 Å². The molecular formula is C25H33N3O3. The largest absolute Gasteiger partial charge is 0.490 e. The smallest absolute Gasteiger partial charge is 0.315 e. The van der Waals surface area contributed by atoms with Gasteiger partial charge in [0.25, 0.3) is 0 Å². The second-order valence-electron chi connectivity index (χ2n) is 8.38. The average molecular weight is 424 g/mol. The zero-order valence-electron chi connectivity index (χ0n) is 18.7. The highest BCUT2D eigenvalue weighted by molar-refractivity contribution is 5.95. The number of rotatable bonds is 7. The monoisotopic (exact) mass is 423 g/mol. The summed E-state index contributed by atoms with van der Waals surface area (Å²) in [4.78, 5) is 24.3. The molecule has 2 aromatic carbocycles. The van der Waals surface area contributed by atoms with Gasteiger partial charge in [-0.15, -0.1) is 0 Å². The van der Waals surface area contributed by atoms with E-state index < -0.39 is 0 Å². The van der Waals surface area contributed by atoms with Crippen molar-refractivity contribution < 1.29 is 14.3 Å². The van der Waals surface area contributed by atoms with Gasteiger partial charge in [-0.3, -0.25) is 4.79 Å². The van der Waals surface area contributed by atoms with E-state index in [1.165, 1.54) is 19.3 Å². The lowest BCUT2D eigenvalue weighted by Gasteiger charge is -2.23. The summed E-state index contributed by atoms with van der Waals surface area (Å²) in [5.41, 5.74) is 4.94. The first-order valence-electron chi connectivity index (χ1n) is 11.1. The fraction of sp³-hybridized carbons (Fsp3) is 0.440. The molecule has 0 saturated heterocycles. The van der Waals surface area contributed by atoms with Crippen molar-refractivity contribution in [2.45, 2.75) is 65.5 Å². The maximum absolute atomic E-state index is 12.2. The number of carbonyl (C=O) groups is 2. The van der Waals surface area contributed by atoms with Crippen molar-refractivity contribution >= 4 is 17.6 Å². The van der Waals surface area contributed by atoms with Crippen LogP contribution in [0.25, 0.3) is 0 Å². The van der Waals surface area contributed by atoms with Crippen LogP contribution < -0.4 is 20.7 Å². The Labute approximate surface area is 184 Å². The number of anilines is 1. The first kappa shape index (κ1) is 22.7. The molecule has 0 radical (unpaired) electrons. The van der Waals surface area contributed by atoms with E-state index in [1.54, 1.807) is 0 Å². The summed E-state index contributed by atoms with van der Waals surface area (Å²) in [5.74, 6) is 0.618.